The third-order valence-corrected chi connectivity index (χ3v) is 16.3. The second kappa shape index (κ2) is 30.1. The van der Waals surface area contributed by atoms with Crippen LogP contribution in [0.5, 0.6) is 0 Å². The number of nitrogens with zero attached hydrogens (tertiary/aromatic N) is 7. The molecule has 3 aromatic heterocycles. The quantitative estimate of drug-likeness (QED) is 0.127. The molecule has 7 aromatic carbocycles. The van der Waals surface area contributed by atoms with Crippen LogP contribution in [0.3, 0.4) is 0 Å². The van der Waals surface area contributed by atoms with Crippen molar-refractivity contribution in [2.24, 2.45) is 21.1 Å². The van der Waals surface area contributed by atoms with Crippen molar-refractivity contribution >= 4 is 28.4 Å². The second-order valence-electron chi connectivity index (χ2n) is 22.3. The highest BCUT2D eigenvalue weighted by atomic mass is 15.4. The molecular formula is C79H92N7+3. The maximum Gasteiger partial charge on any atom is 0.212 e. The summed E-state index contributed by atoms with van der Waals surface area (Å²) in [5.74, 6) is 0. The molecule has 5 heterocycles. The summed E-state index contributed by atoms with van der Waals surface area (Å²) in [6.45, 7) is 20.5. The minimum atomic E-state index is -1.30. The van der Waals surface area contributed by atoms with Crippen LogP contribution in [-0.4, -0.2) is 19.4 Å². The van der Waals surface area contributed by atoms with Crippen LogP contribution in [-0.2, 0) is 40.4 Å². The van der Waals surface area contributed by atoms with Gasteiger partial charge in [-0.25, -0.2) is 13.7 Å². The van der Waals surface area contributed by atoms with E-state index in [1.807, 2.05) is 79.6 Å². The Labute approximate surface area is 521 Å². The highest BCUT2D eigenvalue weighted by molar-refractivity contribution is 5.84. The molecule has 0 amide bonds. The number of rotatable bonds is 10. The van der Waals surface area contributed by atoms with Crippen molar-refractivity contribution in [2.45, 2.75) is 107 Å². The summed E-state index contributed by atoms with van der Waals surface area (Å²) in [6.07, 6.45) is 10.1. The largest absolute Gasteiger partial charge is 0.353 e. The number of pyridine rings is 3. The molecule has 440 valence electrons. The predicted molar refractivity (Wildman–Crippen MR) is 365 cm³/mol. The van der Waals surface area contributed by atoms with E-state index in [9.17, 15) is 0 Å². The molecule has 0 spiro atoms. The maximum absolute atomic E-state index is 7.74. The van der Waals surface area contributed by atoms with Crippen LogP contribution < -0.4 is 33.3 Å². The van der Waals surface area contributed by atoms with E-state index in [0.717, 1.165) is 23.4 Å². The van der Waals surface area contributed by atoms with Crippen LogP contribution in [0.2, 0.25) is 0 Å². The van der Waals surface area contributed by atoms with E-state index in [0.29, 0.717) is 24.3 Å². The van der Waals surface area contributed by atoms with Gasteiger partial charge in [0.15, 0.2) is 18.6 Å². The second-order valence-corrected chi connectivity index (χ2v) is 22.3. The molecule has 0 fully saturated rings. The number of fused-ring (bicyclic) bond motifs is 1. The topological polar surface area (TPSA) is 24.6 Å². The van der Waals surface area contributed by atoms with Crippen LogP contribution in [0.25, 0.3) is 33.8 Å². The van der Waals surface area contributed by atoms with E-state index in [-0.39, 0.29) is 0 Å². The minimum absolute atomic E-state index is 0.295. The minimum Gasteiger partial charge on any atom is -0.353 e. The van der Waals surface area contributed by atoms with Crippen molar-refractivity contribution in [3.63, 3.8) is 0 Å². The molecule has 0 N–H and O–H groups in total. The van der Waals surface area contributed by atoms with Gasteiger partial charge in [0, 0.05) is 93.6 Å². The zero-order valence-corrected chi connectivity index (χ0v) is 53.3. The molecule has 0 saturated carbocycles. The molecule has 86 heavy (non-hydrogen) atoms. The van der Waals surface area contributed by atoms with Gasteiger partial charge in [-0.05, 0) is 168 Å². The Bertz CT molecular complexity index is 4040. The third kappa shape index (κ3) is 15.2. The summed E-state index contributed by atoms with van der Waals surface area (Å²) in [6, 6.07) is 73.5. The smallest absolute Gasteiger partial charge is 0.212 e. The normalized spacial score (nSPS) is 14.8. The van der Waals surface area contributed by atoms with E-state index in [1.165, 1.54) is 84.2 Å². The van der Waals surface area contributed by atoms with Crippen molar-refractivity contribution in [1.29, 1.82) is 0 Å². The Morgan fingerprint density at radius 3 is 1.22 bits per heavy atom. The van der Waals surface area contributed by atoms with Crippen LogP contribution in [0.4, 0.5) is 28.4 Å². The van der Waals surface area contributed by atoms with Crippen molar-refractivity contribution in [1.82, 2.24) is 0 Å². The van der Waals surface area contributed by atoms with Crippen LogP contribution >= 0.6 is 0 Å². The molecule has 0 bridgehead atoms. The summed E-state index contributed by atoms with van der Waals surface area (Å²) in [5.41, 5.74) is 23.1. The van der Waals surface area contributed by atoms with E-state index in [4.69, 9.17) is 5.48 Å². The summed E-state index contributed by atoms with van der Waals surface area (Å²) in [7, 11) is 8.23. The molecular weight excluding hydrogens is 1050 g/mol. The summed E-state index contributed by atoms with van der Waals surface area (Å²) >= 11 is 0. The number of anilines is 5. The fourth-order valence-corrected chi connectivity index (χ4v) is 11.3. The lowest BCUT2D eigenvalue weighted by atomic mass is 10.0. The molecule has 2 aliphatic rings. The van der Waals surface area contributed by atoms with Gasteiger partial charge in [0.2, 0.25) is 17.1 Å². The average Bonchev–Trinajstić information content (AvgIpc) is 1.66. The Kier molecular flexibility index (Phi) is 20.1. The third-order valence-electron chi connectivity index (χ3n) is 16.3. The lowest BCUT2D eigenvalue weighted by molar-refractivity contribution is -0.661. The first-order valence-electron chi connectivity index (χ1n) is 32.1. The van der Waals surface area contributed by atoms with Crippen LogP contribution in [0.1, 0.15) is 91.0 Å². The van der Waals surface area contributed by atoms with Crippen LogP contribution in [0.15, 0.2) is 243 Å². The molecule has 10 aromatic rings. The number of aromatic nitrogens is 3. The van der Waals surface area contributed by atoms with Crippen molar-refractivity contribution < 1.29 is 19.2 Å². The molecule has 7 heteroatoms. The van der Waals surface area contributed by atoms with E-state index >= 15 is 0 Å². The highest BCUT2D eigenvalue weighted by Gasteiger charge is 2.32. The zero-order valence-electron chi connectivity index (χ0n) is 57.3. The number of hydrogen-bond donors (Lipinski definition) is 0. The van der Waals surface area contributed by atoms with E-state index in [2.05, 4.69) is 281 Å². The molecule has 2 atom stereocenters. The Morgan fingerprint density at radius 1 is 0.384 bits per heavy atom. The number of aryl methyl sites for hydroxylation is 11. The maximum atomic E-state index is 7.74. The lowest BCUT2D eigenvalue weighted by Crippen LogP contribution is -2.36. The van der Waals surface area contributed by atoms with Gasteiger partial charge >= 0.3 is 0 Å². The number of benzene rings is 7. The van der Waals surface area contributed by atoms with Crippen LogP contribution in [0, 0.1) is 34.6 Å². The van der Waals surface area contributed by atoms with Gasteiger partial charge in [0.1, 0.15) is 33.5 Å². The fraction of sp³-hybridized carbons (Fsp3) is 0.253. The summed E-state index contributed by atoms with van der Waals surface area (Å²) in [5, 5.41) is 0. The van der Waals surface area contributed by atoms with E-state index < -0.39 is 12.7 Å². The SMILES string of the molecule is CCc1ccc(-c2ccccc2C)[n+](C)c1.Cc1ccccc1N1C=CN(c2ccccc2)[C@@H]1C.Cc1ccccc1N1c2ccccc2N(C)[C@@H]1C.[2H]C([2H])(C)Cc1ccc(-c2ccccc2C)[n+](C)c1.[2H]C([2H])(C)c1ccc(-c2ccccc2C)[n+](C)c1. The molecule has 0 radical (unpaired) electrons. The number of para-hydroxylation sites is 5. The first-order chi connectivity index (χ1) is 42.9. The Balaban J connectivity index is 0.000000145. The first-order valence-corrected chi connectivity index (χ1v) is 30.1. The Hall–Kier alpha value is -9.07. The standard InChI is InChI=1S/C17H18N2.C16H18N2.C16H20N.2C15H18N/c1-14-8-6-7-11-17(14)19-13-12-18(15(19)2)16-9-4-3-5-10-16;1-12-8-4-5-9-14(12)18-13(2)17(3)15-10-6-7-11-16(15)18;1-4-7-14-10-11-16(17(3)12-14)15-9-6-5-8-13(15)2;2*1-4-13-9-10-15(16(3)11-13)14-8-6-5-7-12(14)2/h3-13,15H,1-2H3;4-11,13H,1-3H3;5-6,8-12H,4,7H2,1-3H3;2*5-11H,4H2,1-3H3/q;;3*+1/t15-;13-;;;/m00.../s1/i;;2*4D2;. The number of hydrogen-bond acceptors (Lipinski definition) is 4. The summed E-state index contributed by atoms with van der Waals surface area (Å²) < 4.78 is 37.0. The zero-order chi connectivity index (χ0) is 64.9. The first kappa shape index (κ1) is 57.4. The Morgan fingerprint density at radius 2 is 0.767 bits per heavy atom. The van der Waals surface area contributed by atoms with Gasteiger partial charge in [-0.1, -0.05) is 148 Å². The van der Waals surface area contributed by atoms with Gasteiger partial charge < -0.3 is 19.6 Å². The van der Waals surface area contributed by atoms with Gasteiger partial charge in [-0.15, -0.1) is 0 Å². The molecule has 7 nitrogen and oxygen atoms in total. The average molecular weight is 1140 g/mol. The molecule has 2 aliphatic heterocycles. The van der Waals surface area contributed by atoms with Crippen molar-refractivity contribution in [3.05, 3.63) is 288 Å². The van der Waals surface area contributed by atoms with Gasteiger partial charge in [-0.3, -0.25) is 0 Å². The van der Waals surface area contributed by atoms with Crippen molar-refractivity contribution in [2.75, 3.05) is 26.6 Å². The molecule has 0 aliphatic carbocycles. The van der Waals surface area contributed by atoms with Gasteiger partial charge in [0.05, 0.1) is 11.4 Å². The summed E-state index contributed by atoms with van der Waals surface area (Å²) in [4.78, 5) is 9.32. The van der Waals surface area contributed by atoms with Crippen molar-refractivity contribution in [3.8, 4) is 33.8 Å². The molecule has 0 saturated heterocycles. The van der Waals surface area contributed by atoms with E-state index in [1.54, 1.807) is 13.8 Å². The molecule has 12 rings (SSSR count). The van der Waals surface area contributed by atoms with Gasteiger partial charge in [0.25, 0.3) is 0 Å². The predicted octanol–water partition coefficient (Wildman–Crippen LogP) is 17.6. The fourth-order valence-electron chi connectivity index (χ4n) is 11.3. The highest BCUT2D eigenvalue weighted by Crippen LogP contribution is 2.44. The molecule has 0 unspecified atom stereocenters. The monoisotopic (exact) mass is 1140 g/mol. The lowest BCUT2D eigenvalue weighted by Gasteiger charge is -2.30. The van der Waals surface area contributed by atoms with Gasteiger partial charge in [-0.2, -0.15) is 0 Å².